The van der Waals surface area contributed by atoms with Gasteiger partial charge in [-0.15, -0.1) is 0 Å². The van der Waals surface area contributed by atoms with Crippen molar-refractivity contribution in [3.8, 4) is 5.75 Å². The van der Waals surface area contributed by atoms with Crippen LogP contribution in [0.2, 0.25) is 0 Å². The number of ether oxygens (including phenoxy) is 1. The first-order chi connectivity index (χ1) is 15.5. The fraction of sp³-hybridized carbons (Fsp3) is 0.192. The van der Waals surface area contributed by atoms with Gasteiger partial charge in [-0.1, -0.05) is 48.5 Å². The van der Waals surface area contributed by atoms with Crippen LogP contribution in [0.4, 0.5) is 11.4 Å². The van der Waals surface area contributed by atoms with Crippen LogP contribution in [-0.2, 0) is 16.1 Å². The van der Waals surface area contributed by atoms with Crippen LogP contribution in [0.1, 0.15) is 29.8 Å². The zero-order chi connectivity index (χ0) is 22.7. The van der Waals surface area contributed by atoms with Crippen LogP contribution >= 0.6 is 0 Å². The highest BCUT2D eigenvalue weighted by atomic mass is 16.5. The lowest BCUT2D eigenvalue weighted by Crippen LogP contribution is -2.52. The summed E-state index contributed by atoms with van der Waals surface area (Å²) < 4.78 is 5.54. The van der Waals surface area contributed by atoms with Gasteiger partial charge in [0.1, 0.15) is 11.8 Å². The Bertz CT molecular complexity index is 1150. The molecule has 4 rings (SSSR count). The van der Waals surface area contributed by atoms with E-state index in [4.69, 9.17) is 4.74 Å². The van der Waals surface area contributed by atoms with E-state index >= 15 is 0 Å². The summed E-state index contributed by atoms with van der Waals surface area (Å²) in [4.78, 5) is 41.6. The van der Waals surface area contributed by atoms with Crippen LogP contribution in [0.15, 0.2) is 78.9 Å². The van der Waals surface area contributed by atoms with Gasteiger partial charge in [0.05, 0.1) is 12.2 Å². The van der Waals surface area contributed by atoms with Gasteiger partial charge in [-0.05, 0) is 49.7 Å². The van der Waals surface area contributed by atoms with Gasteiger partial charge in [0, 0.05) is 11.3 Å². The fourth-order valence-electron chi connectivity index (χ4n) is 3.82. The Morgan fingerprint density at radius 2 is 1.66 bits per heavy atom. The molecular weight excluding hydrogens is 404 g/mol. The summed E-state index contributed by atoms with van der Waals surface area (Å²) in [6.07, 6.45) is 0. The Kier molecular flexibility index (Phi) is 6.03. The average molecular weight is 428 g/mol. The molecule has 0 aliphatic carbocycles. The average Bonchev–Trinajstić information content (AvgIpc) is 2.82. The van der Waals surface area contributed by atoms with Crippen molar-refractivity contribution >= 4 is 29.0 Å². The van der Waals surface area contributed by atoms with Crippen molar-refractivity contribution in [2.24, 2.45) is 0 Å². The Labute approximate surface area is 187 Å². The molecule has 1 heterocycles. The monoisotopic (exact) mass is 428 g/mol. The van der Waals surface area contributed by atoms with Crippen LogP contribution in [0, 0.1) is 0 Å². The Hall–Kier alpha value is -3.93. The van der Waals surface area contributed by atoms with E-state index < -0.39 is 6.04 Å². The quantitative estimate of drug-likeness (QED) is 0.551. The van der Waals surface area contributed by atoms with E-state index in [1.807, 2.05) is 60.7 Å². The third-order valence-corrected chi connectivity index (χ3v) is 5.51. The number of carbonyl (C=O) groups excluding carboxylic acids is 3. The smallest absolute Gasteiger partial charge is 0.265 e. The maximum Gasteiger partial charge on any atom is 0.265 e. The number of carbonyl (C=O) groups is 3. The first-order valence-corrected chi connectivity index (χ1v) is 10.5. The summed E-state index contributed by atoms with van der Waals surface area (Å²) in [7, 11) is 0. The second-order valence-corrected chi connectivity index (χ2v) is 7.71. The van der Waals surface area contributed by atoms with Crippen molar-refractivity contribution in [2.75, 3.05) is 16.4 Å². The highest BCUT2D eigenvalue weighted by molar-refractivity contribution is 6.08. The van der Waals surface area contributed by atoms with Crippen molar-refractivity contribution < 1.29 is 19.1 Å². The van der Waals surface area contributed by atoms with E-state index in [-0.39, 0.29) is 24.2 Å². The number of anilines is 2. The molecule has 1 aliphatic heterocycles. The summed E-state index contributed by atoms with van der Waals surface area (Å²) in [5.74, 6) is -0.204. The molecule has 0 spiro atoms. The molecule has 0 saturated heterocycles. The van der Waals surface area contributed by atoms with Crippen molar-refractivity contribution in [2.45, 2.75) is 26.4 Å². The van der Waals surface area contributed by atoms with Gasteiger partial charge in [0.25, 0.3) is 5.91 Å². The van der Waals surface area contributed by atoms with E-state index in [0.29, 0.717) is 23.5 Å². The summed E-state index contributed by atoms with van der Waals surface area (Å²) in [5.41, 5.74) is 2.61. The van der Waals surface area contributed by atoms with Gasteiger partial charge in [0.15, 0.2) is 12.4 Å². The molecule has 0 radical (unpaired) electrons. The highest BCUT2D eigenvalue weighted by Crippen LogP contribution is 2.35. The minimum Gasteiger partial charge on any atom is -0.482 e. The number of rotatable bonds is 6. The maximum absolute atomic E-state index is 13.7. The molecule has 0 bridgehead atoms. The molecule has 3 aromatic carbocycles. The third-order valence-electron chi connectivity index (χ3n) is 5.51. The normalized spacial score (nSPS) is 13.7. The van der Waals surface area contributed by atoms with Crippen molar-refractivity contribution in [3.05, 3.63) is 90.0 Å². The first-order valence-electron chi connectivity index (χ1n) is 10.5. The fourth-order valence-corrected chi connectivity index (χ4v) is 3.82. The van der Waals surface area contributed by atoms with E-state index in [0.717, 1.165) is 11.3 Å². The predicted octanol–water partition coefficient (Wildman–Crippen LogP) is 4.24. The molecule has 32 heavy (non-hydrogen) atoms. The van der Waals surface area contributed by atoms with E-state index in [2.05, 4.69) is 0 Å². The van der Waals surface area contributed by atoms with Gasteiger partial charge in [-0.3, -0.25) is 19.3 Å². The number of hydrogen-bond donors (Lipinski definition) is 0. The van der Waals surface area contributed by atoms with E-state index in [9.17, 15) is 14.4 Å². The second kappa shape index (κ2) is 9.06. The first kappa shape index (κ1) is 21.3. The minimum absolute atomic E-state index is 0.125. The summed E-state index contributed by atoms with van der Waals surface area (Å²) in [6, 6.07) is 23.2. The number of amides is 2. The molecule has 1 aliphatic rings. The van der Waals surface area contributed by atoms with Gasteiger partial charge in [0.2, 0.25) is 5.91 Å². The van der Waals surface area contributed by atoms with E-state index in [1.165, 1.54) is 11.8 Å². The lowest BCUT2D eigenvalue weighted by Gasteiger charge is -2.36. The summed E-state index contributed by atoms with van der Waals surface area (Å²) in [5, 5.41) is 0. The largest absolute Gasteiger partial charge is 0.482 e. The van der Waals surface area contributed by atoms with Gasteiger partial charge >= 0.3 is 0 Å². The van der Waals surface area contributed by atoms with Gasteiger partial charge in [-0.25, -0.2) is 0 Å². The molecule has 2 amide bonds. The number of nitrogens with zero attached hydrogens (tertiary/aromatic N) is 2. The minimum atomic E-state index is -0.795. The zero-order valence-corrected chi connectivity index (χ0v) is 18.0. The maximum atomic E-state index is 13.7. The van der Waals surface area contributed by atoms with E-state index in [1.54, 1.807) is 30.0 Å². The number of hydrogen-bond acceptors (Lipinski definition) is 4. The standard InChI is InChI=1S/C26H24N2O4/c1-18(28-23-15-21(19(2)29)13-14-24(23)32-17-25(28)30)26(31)27(22-11-7-4-8-12-22)16-20-9-5-3-6-10-20/h3-15,18H,16-17H2,1-2H3. The number of benzene rings is 3. The molecule has 6 heteroatoms. The molecule has 3 aromatic rings. The molecular formula is C26H24N2O4. The van der Waals surface area contributed by atoms with Crippen molar-refractivity contribution in [1.29, 1.82) is 0 Å². The molecule has 162 valence electrons. The highest BCUT2D eigenvalue weighted by Gasteiger charge is 2.36. The SMILES string of the molecule is CC(=O)c1ccc2c(c1)N(C(C)C(=O)N(Cc1ccccc1)c1ccccc1)C(=O)CO2. The molecule has 0 fully saturated rings. The molecule has 1 atom stereocenters. The zero-order valence-electron chi connectivity index (χ0n) is 18.0. The van der Waals surface area contributed by atoms with Gasteiger partial charge < -0.3 is 9.64 Å². The van der Waals surface area contributed by atoms with Crippen LogP contribution < -0.4 is 14.5 Å². The van der Waals surface area contributed by atoms with Crippen LogP contribution in [0.3, 0.4) is 0 Å². The lowest BCUT2D eigenvalue weighted by molar-refractivity contribution is -0.126. The predicted molar refractivity (Wildman–Crippen MR) is 123 cm³/mol. The number of para-hydroxylation sites is 1. The molecule has 0 aromatic heterocycles. The molecule has 0 N–H and O–H groups in total. The Balaban J connectivity index is 1.71. The summed E-state index contributed by atoms with van der Waals surface area (Å²) in [6.45, 7) is 3.38. The lowest BCUT2D eigenvalue weighted by atomic mass is 10.1. The van der Waals surface area contributed by atoms with Crippen molar-refractivity contribution in [3.63, 3.8) is 0 Å². The molecule has 6 nitrogen and oxygen atoms in total. The Morgan fingerprint density at radius 3 is 2.31 bits per heavy atom. The van der Waals surface area contributed by atoms with Crippen LogP contribution in [-0.4, -0.2) is 30.2 Å². The number of fused-ring (bicyclic) bond motifs is 1. The third kappa shape index (κ3) is 4.25. The Morgan fingerprint density at radius 1 is 1.00 bits per heavy atom. The topological polar surface area (TPSA) is 66.9 Å². The van der Waals surface area contributed by atoms with Crippen LogP contribution in [0.5, 0.6) is 5.75 Å². The summed E-state index contributed by atoms with van der Waals surface area (Å²) >= 11 is 0. The van der Waals surface area contributed by atoms with Gasteiger partial charge in [-0.2, -0.15) is 0 Å². The number of Topliss-reactive ketones (excluding diaryl/α,β-unsaturated/α-hetero) is 1. The van der Waals surface area contributed by atoms with Crippen LogP contribution in [0.25, 0.3) is 0 Å². The number of ketones is 1. The molecule has 0 saturated carbocycles. The van der Waals surface area contributed by atoms with Crippen molar-refractivity contribution in [1.82, 2.24) is 0 Å². The second-order valence-electron chi connectivity index (χ2n) is 7.71. The molecule has 1 unspecified atom stereocenters.